The fourth-order valence-corrected chi connectivity index (χ4v) is 2.34. The Morgan fingerprint density at radius 1 is 1.10 bits per heavy atom. The zero-order valence-corrected chi connectivity index (χ0v) is 12.9. The van der Waals surface area contributed by atoms with Gasteiger partial charge in [0.2, 0.25) is 0 Å². The number of anilines is 2. The Balaban J connectivity index is 1.90. The molecule has 2 rings (SSSR count). The zero-order valence-electron chi connectivity index (χ0n) is 12.9. The van der Waals surface area contributed by atoms with Crippen LogP contribution in [0.2, 0.25) is 0 Å². The maximum Gasteiger partial charge on any atom is 0.0642 e. The van der Waals surface area contributed by atoms with Gasteiger partial charge in [0.1, 0.15) is 0 Å². The lowest BCUT2D eigenvalue weighted by atomic mass is 10.1. The maximum atomic E-state index is 5.42. The van der Waals surface area contributed by atoms with Gasteiger partial charge in [0.25, 0.3) is 0 Å². The summed E-state index contributed by atoms with van der Waals surface area (Å²) in [6.45, 7) is 12.0. The topological polar surface area (TPSA) is 36.5 Å². The van der Waals surface area contributed by atoms with E-state index in [1.165, 1.54) is 11.4 Å². The predicted octanol–water partition coefficient (Wildman–Crippen LogP) is 2.32. The number of para-hydroxylation sites is 2. The zero-order chi connectivity index (χ0) is 14.4. The van der Waals surface area contributed by atoms with Crippen LogP contribution in [0.1, 0.15) is 20.8 Å². The first-order chi connectivity index (χ1) is 9.56. The summed E-state index contributed by atoms with van der Waals surface area (Å²) in [6.07, 6.45) is 0. The summed E-state index contributed by atoms with van der Waals surface area (Å²) in [5.74, 6) is 0. The van der Waals surface area contributed by atoms with Crippen LogP contribution in [0, 0.1) is 0 Å². The van der Waals surface area contributed by atoms with Crippen LogP contribution in [-0.2, 0) is 4.74 Å². The third kappa shape index (κ3) is 4.69. The van der Waals surface area contributed by atoms with Crippen molar-refractivity contribution in [1.29, 1.82) is 0 Å². The lowest BCUT2D eigenvalue weighted by Crippen LogP contribution is -2.39. The molecule has 0 unspecified atom stereocenters. The number of ether oxygens (including phenoxy) is 1. The molecular formula is C16H27N3O. The van der Waals surface area contributed by atoms with Gasteiger partial charge >= 0.3 is 0 Å². The number of nitrogens with one attached hydrogen (secondary N) is 2. The molecule has 1 aliphatic rings. The lowest BCUT2D eigenvalue weighted by Gasteiger charge is -2.30. The van der Waals surface area contributed by atoms with E-state index in [9.17, 15) is 0 Å². The highest BCUT2D eigenvalue weighted by Gasteiger charge is 2.14. The molecule has 1 aromatic rings. The van der Waals surface area contributed by atoms with Gasteiger partial charge in [-0.15, -0.1) is 0 Å². The molecule has 0 spiro atoms. The molecule has 4 nitrogen and oxygen atoms in total. The lowest BCUT2D eigenvalue weighted by molar-refractivity contribution is 0.123. The smallest absolute Gasteiger partial charge is 0.0642 e. The molecule has 1 fully saturated rings. The van der Waals surface area contributed by atoms with Crippen molar-refractivity contribution in [1.82, 2.24) is 5.32 Å². The SMILES string of the molecule is CC(C)(C)NCCNc1ccccc1N1CCOCC1. The maximum absolute atomic E-state index is 5.42. The van der Waals surface area contributed by atoms with Gasteiger partial charge in [0.15, 0.2) is 0 Å². The average Bonchev–Trinajstić information content (AvgIpc) is 2.44. The molecule has 112 valence electrons. The van der Waals surface area contributed by atoms with Gasteiger partial charge in [-0.1, -0.05) is 12.1 Å². The Bertz CT molecular complexity index is 408. The Labute approximate surface area is 122 Å². The highest BCUT2D eigenvalue weighted by Crippen LogP contribution is 2.25. The summed E-state index contributed by atoms with van der Waals surface area (Å²) in [7, 11) is 0. The van der Waals surface area contributed by atoms with Crippen molar-refractivity contribution in [2.45, 2.75) is 26.3 Å². The van der Waals surface area contributed by atoms with Gasteiger partial charge < -0.3 is 20.3 Å². The van der Waals surface area contributed by atoms with Crippen LogP contribution in [-0.4, -0.2) is 44.9 Å². The summed E-state index contributed by atoms with van der Waals surface area (Å²) >= 11 is 0. The highest BCUT2D eigenvalue weighted by molar-refractivity contribution is 5.70. The minimum absolute atomic E-state index is 0.172. The van der Waals surface area contributed by atoms with E-state index in [2.05, 4.69) is 60.6 Å². The molecule has 0 aliphatic carbocycles. The van der Waals surface area contributed by atoms with Crippen molar-refractivity contribution >= 4 is 11.4 Å². The highest BCUT2D eigenvalue weighted by atomic mass is 16.5. The second-order valence-corrected chi connectivity index (χ2v) is 6.22. The van der Waals surface area contributed by atoms with E-state index < -0.39 is 0 Å². The van der Waals surface area contributed by atoms with Crippen molar-refractivity contribution in [2.24, 2.45) is 0 Å². The molecule has 0 atom stereocenters. The monoisotopic (exact) mass is 277 g/mol. The van der Waals surface area contributed by atoms with E-state index in [-0.39, 0.29) is 5.54 Å². The van der Waals surface area contributed by atoms with E-state index in [0.29, 0.717) is 0 Å². The third-order valence-electron chi connectivity index (χ3n) is 3.35. The largest absolute Gasteiger partial charge is 0.382 e. The molecular weight excluding hydrogens is 250 g/mol. The van der Waals surface area contributed by atoms with E-state index in [4.69, 9.17) is 4.74 Å². The molecule has 1 aliphatic heterocycles. The number of rotatable bonds is 5. The summed E-state index contributed by atoms with van der Waals surface area (Å²) in [5.41, 5.74) is 2.67. The third-order valence-corrected chi connectivity index (χ3v) is 3.35. The Kier molecular flexibility index (Phi) is 5.26. The van der Waals surface area contributed by atoms with E-state index in [0.717, 1.165) is 39.4 Å². The molecule has 1 saturated heterocycles. The summed E-state index contributed by atoms with van der Waals surface area (Å²) < 4.78 is 5.42. The van der Waals surface area contributed by atoms with Gasteiger partial charge in [0, 0.05) is 31.7 Å². The van der Waals surface area contributed by atoms with Crippen molar-refractivity contribution in [3.05, 3.63) is 24.3 Å². The molecule has 0 aromatic heterocycles. The van der Waals surface area contributed by atoms with Crippen LogP contribution in [0.4, 0.5) is 11.4 Å². The van der Waals surface area contributed by atoms with E-state index in [1.54, 1.807) is 0 Å². The van der Waals surface area contributed by atoms with Crippen LogP contribution >= 0.6 is 0 Å². The van der Waals surface area contributed by atoms with Crippen LogP contribution in [0.3, 0.4) is 0 Å². The molecule has 4 heteroatoms. The van der Waals surface area contributed by atoms with Gasteiger partial charge in [-0.3, -0.25) is 0 Å². The first-order valence-electron chi connectivity index (χ1n) is 7.47. The molecule has 2 N–H and O–H groups in total. The second-order valence-electron chi connectivity index (χ2n) is 6.22. The summed E-state index contributed by atoms with van der Waals surface area (Å²) in [6, 6.07) is 8.53. The number of nitrogens with zero attached hydrogens (tertiary/aromatic N) is 1. The van der Waals surface area contributed by atoms with Crippen molar-refractivity contribution in [3.8, 4) is 0 Å². The molecule has 0 radical (unpaired) electrons. The first-order valence-corrected chi connectivity index (χ1v) is 7.47. The van der Waals surface area contributed by atoms with Crippen molar-refractivity contribution < 1.29 is 4.74 Å². The van der Waals surface area contributed by atoms with E-state index >= 15 is 0 Å². The van der Waals surface area contributed by atoms with Gasteiger partial charge in [-0.05, 0) is 32.9 Å². The predicted molar refractivity (Wildman–Crippen MR) is 85.7 cm³/mol. The fraction of sp³-hybridized carbons (Fsp3) is 0.625. The quantitative estimate of drug-likeness (QED) is 0.810. The normalized spacial score (nSPS) is 16.2. The minimum atomic E-state index is 0.172. The molecule has 0 saturated carbocycles. The van der Waals surface area contributed by atoms with E-state index in [1.807, 2.05) is 0 Å². The van der Waals surface area contributed by atoms with Crippen LogP contribution in [0.25, 0.3) is 0 Å². The fourth-order valence-electron chi connectivity index (χ4n) is 2.34. The Morgan fingerprint density at radius 3 is 2.50 bits per heavy atom. The molecule has 1 heterocycles. The van der Waals surface area contributed by atoms with Crippen molar-refractivity contribution in [2.75, 3.05) is 49.6 Å². The van der Waals surface area contributed by atoms with Crippen LogP contribution < -0.4 is 15.5 Å². The van der Waals surface area contributed by atoms with Crippen molar-refractivity contribution in [3.63, 3.8) is 0 Å². The van der Waals surface area contributed by atoms with Gasteiger partial charge in [-0.2, -0.15) is 0 Å². The minimum Gasteiger partial charge on any atom is -0.382 e. The molecule has 0 amide bonds. The molecule has 20 heavy (non-hydrogen) atoms. The summed E-state index contributed by atoms with van der Waals surface area (Å²) in [5, 5.41) is 7.03. The van der Waals surface area contributed by atoms with Crippen LogP contribution in [0.5, 0.6) is 0 Å². The second kappa shape index (κ2) is 6.95. The Morgan fingerprint density at radius 2 is 1.80 bits per heavy atom. The van der Waals surface area contributed by atoms with Crippen LogP contribution in [0.15, 0.2) is 24.3 Å². The molecule has 1 aromatic carbocycles. The number of hydrogen-bond donors (Lipinski definition) is 2. The molecule has 0 bridgehead atoms. The van der Waals surface area contributed by atoms with Gasteiger partial charge in [-0.25, -0.2) is 0 Å². The van der Waals surface area contributed by atoms with Gasteiger partial charge in [0.05, 0.1) is 24.6 Å². The Hall–Kier alpha value is -1.26. The standard InChI is InChI=1S/C16H27N3O/c1-16(2,3)18-9-8-17-14-6-4-5-7-15(14)19-10-12-20-13-11-19/h4-7,17-18H,8-13H2,1-3H3. The summed E-state index contributed by atoms with van der Waals surface area (Å²) in [4.78, 5) is 2.39. The first kappa shape index (κ1) is 15.1. The number of morpholine rings is 1. The average molecular weight is 277 g/mol. The number of hydrogen-bond acceptors (Lipinski definition) is 4. The number of benzene rings is 1.